The van der Waals surface area contributed by atoms with E-state index in [4.69, 9.17) is 0 Å². The highest BCUT2D eigenvalue weighted by Gasteiger charge is 2.38. The predicted molar refractivity (Wildman–Crippen MR) is 85.2 cm³/mol. The largest absolute Gasteiger partial charge is 0.419 e. The number of alkyl halides is 3. The average molecular weight is 344 g/mol. The number of piperazine rings is 1. The molecular formula is C18H24F4N2. The lowest BCUT2D eigenvalue weighted by atomic mass is 9.79. The summed E-state index contributed by atoms with van der Waals surface area (Å²) in [6.45, 7) is 3.08. The summed E-state index contributed by atoms with van der Waals surface area (Å²) in [5, 5.41) is 3.26. The molecule has 3 rings (SSSR count). The van der Waals surface area contributed by atoms with Crippen LogP contribution in [-0.4, -0.2) is 31.1 Å². The fourth-order valence-electron chi connectivity index (χ4n) is 4.16. The predicted octanol–water partition coefficient (Wildman–Crippen LogP) is 4.37. The van der Waals surface area contributed by atoms with Crippen LogP contribution in [0.15, 0.2) is 18.2 Å². The van der Waals surface area contributed by atoms with Crippen LogP contribution in [0, 0.1) is 11.7 Å². The van der Waals surface area contributed by atoms with Crippen LogP contribution in [0.5, 0.6) is 0 Å². The van der Waals surface area contributed by atoms with Gasteiger partial charge in [-0.25, -0.2) is 4.39 Å². The maximum absolute atomic E-state index is 14.8. The second-order valence-corrected chi connectivity index (χ2v) is 6.84. The van der Waals surface area contributed by atoms with E-state index in [1.807, 2.05) is 0 Å². The molecule has 24 heavy (non-hydrogen) atoms. The minimum absolute atomic E-state index is 0.221. The summed E-state index contributed by atoms with van der Waals surface area (Å²) in [6, 6.07) is 3.48. The van der Waals surface area contributed by atoms with E-state index in [1.165, 1.54) is 6.07 Å². The summed E-state index contributed by atoms with van der Waals surface area (Å²) < 4.78 is 54.1. The van der Waals surface area contributed by atoms with Crippen LogP contribution in [0.3, 0.4) is 0 Å². The van der Waals surface area contributed by atoms with Crippen molar-refractivity contribution in [2.75, 3.05) is 26.2 Å². The molecule has 2 aliphatic rings. The lowest BCUT2D eigenvalue weighted by molar-refractivity contribution is -0.140. The summed E-state index contributed by atoms with van der Waals surface area (Å²) in [6.07, 6.45) is 0.590. The standard InChI is InChI=1S/C18H24F4N2/c19-16-14(7-4-8-15(16)18(20,21)22)17(13-5-2-1-3-6-13)24-11-9-23-10-12-24/h4,7-8,13,17,23H,1-3,5-6,9-12H2/t17-/m1/s1. The minimum Gasteiger partial charge on any atom is -0.314 e. The van der Waals surface area contributed by atoms with Crippen molar-refractivity contribution < 1.29 is 17.6 Å². The van der Waals surface area contributed by atoms with E-state index in [2.05, 4.69) is 10.2 Å². The smallest absolute Gasteiger partial charge is 0.314 e. The van der Waals surface area contributed by atoms with Crippen molar-refractivity contribution >= 4 is 0 Å². The fourth-order valence-corrected chi connectivity index (χ4v) is 4.16. The number of halogens is 4. The first-order chi connectivity index (χ1) is 11.5. The first-order valence-electron chi connectivity index (χ1n) is 8.79. The van der Waals surface area contributed by atoms with Gasteiger partial charge in [0.15, 0.2) is 0 Å². The molecule has 2 nitrogen and oxygen atoms in total. The summed E-state index contributed by atoms with van der Waals surface area (Å²) >= 11 is 0. The minimum atomic E-state index is -4.65. The van der Waals surface area contributed by atoms with E-state index in [0.29, 0.717) is 0 Å². The van der Waals surface area contributed by atoms with Gasteiger partial charge in [-0.1, -0.05) is 31.4 Å². The zero-order chi connectivity index (χ0) is 17.2. The van der Waals surface area contributed by atoms with Crippen LogP contribution in [0.1, 0.15) is 49.3 Å². The Labute approximate surface area is 140 Å². The molecule has 1 aromatic rings. The van der Waals surface area contributed by atoms with E-state index >= 15 is 0 Å². The molecule has 0 radical (unpaired) electrons. The summed E-state index contributed by atoms with van der Waals surface area (Å²) in [4.78, 5) is 2.17. The summed E-state index contributed by atoms with van der Waals surface area (Å²) in [5.41, 5.74) is -0.922. The van der Waals surface area contributed by atoms with E-state index in [1.54, 1.807) is 6.07 Å². The topological polar surface area (TPSA) is 15.3 Å². The molecule has 1 heterocycles. The van der Waals surface area contributed by atoms with Crippen molar-refractivity contribution in [1.29, 1.82) is 0 Å². The highest BCUT2D eigenvalue weighted by molar-refractivity contribution is 5.31. The van der Waals surface area contributed by atoms with Gasteiger partial charge in [-0.15, -0.1) is 0 Å². The van der Waals surface area contributed by atoms with Gasteiger partial charge in [-0.05, 0) is 24.8 Å². The maximum Gasteiger partial charge on any atom is 0.419 e. The van der Waals surface area contributed by atoms with Crippen LogP contribution in [0.25, 0.3) is 0 Å². The molecule has 0 aromatic heterocycles. The molecule has 0 spiro atoms. The van der Waals surface area contributed by atoms with Gasteiger partial charge in [0, 0.05) is 37.8 Å². The van der Waals surface area contributed by atoms with Crippen LogP contribution < -0.4 is 5.32 Å². The molecule has 134 valence electrons. The first-order valence-corrected chi connectivity index (χ1v) is 8.79. The highest BCUT2D eigenvalue weighted by atomic mass is 19.4. The van der Waals surface area contributed by atoms with Gasteiger partial charge < -0.3 is 5.32 Å². The Morgan fingerprint density at radius 1 is 1.04 bits per heavy atom. The van der Waals surface area contributed by atoms with E-state index in [9.17, 15) is 17.6 Å². The molecule has 1 aliphatic heterocycles. The number of nitrogens with one attached hydrogen (secondary N) is 1. The lowest BCUT2D eigenvalue weighted by Gasteiger charge is -2.41. The molecule has 1 saturated heterocycles. The Morgan fingerprint density at radius 2 is 1.71 bits per heavy atom. The van der Waals surface area contributed by atoms with Crippen molar-refractivity contribution in [2.45, 2.75) is 44.3 Å². The zero-order valence-electron chi connectivity index (χ0n) is 13.7. The second-order valence-electron chi connectivity index (χ2n) is 6.84. The second kappa shape index (κ2) is 7.40. The maximum atomic E-state index is 14.8. The van der Waals surface area contributed by atoms with Crippen LogP contribution in [0.4, 0.5) is 17.6 Å². The van der Waals surface area contributed by atoms with Gasteiger partial charge in [0.05, 0.1) is 5.56 Å². The van der Waals surface area contributed by atoms with Gasteiger partial charge in [-0.2, -0.15) is 13.2 Å². The highest BCUT2D eigenvalue weighted by Crippen LogP contribution is 2.42. The molecule has 1 N–H and O–H groups in total. The van der Waals surface area contributed by atoms with Gasteiger partial charge >= 0.3 is 6.18 Å². The third kappa shape index (κ3) is 3.75. The summed E-state index contributed by atoms with van der Waals surface area (Å²) in [5.74, 6) is -0.853. The molecule has 1 atom stereocenters. The molecule has 1 aliphatic carbocycles. The Balaban J connectivity index is 1.98. The molecule has 2 fully saturated rings. The molecule has 1 saturated carbocycles. The van der Waals surface area contributed by atoms with Crippen molar-refractivity contribution in [2.24, 2.45) is 5.92 Å². The number of benzene rings is 1. The van der Waals surface area contributed by atoms with Crippen LogP contribution >= 0.6 is 0 Å². The zero-order valence-corrected chi connectivity index (χ0v) is 13.7. The SMILES string of the molecule is Fc1c([C@@H](C2CCCCC2)N2CCNCC2)cccc1C(F)(F)F. The number of hydrogen-bond donors (Lipinski definition) is 1. The third-order valence-corrected chi connectivity index (χ3v) is 5.29. The molecule has 0 amide bonds. The quantitative estimate of drug-likeness (QED) is 0.819. The van der Waals surface area contributed by atoms with E-state index in [-0.39, 0.29) is 17.5 Å². The van der Waals surface area contributed by atoms with Crippen LogP contribution in [-0.2, 0) is 6.18 Å². The van der Waals surface area contributed by atoms with Crippen molar-refractivity contribution in [3.05, 3.63) is 35.1 Å². The molecular weight excluding hydrogens is 320 g/mol. The van der Waals surface area contributed by atoms with Crippen molar-refractivity contribution in [3.63, 3.8) is 0 Å². The Bertz CT molecular complexity index is 528. The Kier molecular flexibility index (Phi) is 5.45. The normalized spacial score (nSPS) is 22.5. The molecule has 0 bridgehead atoms. The monoisotopic (exact) mass is 344 g/mol. The average Bonchev–Trinajstić information content (AvgIpc) is 2.58. The number of rotatable bonds is 3. The Hall–Kier alpha value is -1.14. The summed E-state index contributed by atoms with van der Waals surface area (Å²) in [7, 11) is 0. The van der Waals surface area contributed by atoms with E-state index in [0.717, 1.165) is 64.3 Å². The first kappa shape index (κ1) is 17.7. The lowest BCUT2D eigenvalue weighted by Crippen LogP contribution is -2.47. The van der Waals surface area contributed by atoms with Gasteiger partial charge in [0.1, 0.15) is 5.82 Å². The molecule has 0 unspecified atom stereocenters. The van der Waals surface area contributed by atoms with Gasteiger partial charge in [0.2, 0.25) is 0 Å². The number of nitrogens with zero attached hydrogens (tertiary/aromatic N) is 1. The van der Waals surface area contributed by atoms with Crippen LogP contribution in [0.2, 0.25) is 0 Å². The van der Waals surface area contributed by atoms with E-state index < -0.39 is 17.6 Å². The van der Waals surface area contributed by atoms with Crippen molar-refractivity contribution in [1.82, 2.24) is 10.2 Å². The van der Waals surface area contributed by atoms with Gasteiger partial charge in [0.25, 0.3) is 0 Å². The number of hydrogen-bond acceptors (Lipinski definition) is 2. The van der Waals surface area contributed by atoms with Gasteiger partial charge in [-0.3, -0.25) is 4.90 Å². The molecule has 6 heteroatoms. The Morgan fingerprint density at radius 3 is 2.33 bits per heavy atom. The molecule has 1 aromatic carbocycles. The fraction of sp³-hybridized carbons (Fsp3) is 0.667. The van der Waals surface area contributed by atoms with Crippen molar-refractivity contribution in [3.8, 4) is 0 Å². The third-order valence-electron chi connectivity index (χ3n) is 5.29.